The van der Waals surface area contributed by atoms with Gasteiger partial charge in [-0.15, -0.1) is 0 Å². The average molecular weight is 427 g/mol. The first-order valence-electron chi connectivity index (χ1n) is 10.9. The van der Waals surface area contributed by atoms with Crippen LogP contribution >= 0.6 is 0 Å². The van der Waals surface area contributed by atoms with Crippen LogP contribution in [-0.4, -0.2) is 35.6 Å². The molecular formula is C27H26N2O3. The Morgan fingerprint density at radius 1 is 0.781 bits per heavy atom. The first kappa shape index (κ1) is 21.5. The number of nitrogens with one attached hydrogen (secondary N) is 1. The molecule has 1 N–H and O–H groups in total. The second kappa shape index (κ2) is 9.60. The number of likely N-dealkylation sites (tertiary alicyclic amines) is 1. The van der Waals surface area contributed by atoms with Crippen LogP contribution in [-0.2, 0) is 4.79 Å². The molecule has 0 atom stereocenters. The molecule has 32 heavy (non-hydrogen) atoms. The van der Waals surface area contributed by atoms with Crippen molar-refractivity contribution in [2.45, 2.75) is 19.8 Å². The molecule has 1 aliphatic heterocycles. The number of rotatable bonds is 5. The lowest BCUT2D eigenvalue weighted by atomic mass is 9.93. The van der Waals surface area contributed by atoms with Crippen LogP contribution < -0.4 is 5.32 Å². The summed E-state index contributed by atoms with van der Waals surface area (Å²) in [6.45, 7) is 2.94. The average Bonchev–Trinajstić information content (AvgIpc) is 2.84. The van der Waals surface area contributed by atoms with E-state index in [1.54, 1.807) is 41.3 Å². The van der Waals surface area contributed by atoms with Crippen LogP contribution in [0.25, 0.3) is 0 Å². The van der Waals surface area contributed by atoms with Crippen LogP contribution in [0, 0.1) is 12.8 Å². The van der Waals surface area contributed by atoms with E-state index in [1.807, 2.05) is 49.4 Å². The lowest BCUT2D eigenvalue weighted by Crippen LogP contribution is -2.41. The zero-order chi connectivity index (χ0) is 22.5. The number of anilines is 1. The maximum Gasteiger partial charge on any atom is 0.254 e. The first-order chi connectivity index (χ1) is 15.5. The van der Waals surface area contributed by atoms with Crippen LogP contribution in [0.2, 0.25) is 0 Å². The van der Waals surface area contributed by atoms with Gasteiger partial charge in [-0.2, -0.15) is 0 Å². The van der Waals surface area contributed by atoms with Crippen molar-refractivity contribution >= 4 is 23.3 Å². The van der Waals surface area contributed by atoms with Gasteiger partial charge < -0.3 is 10.2 Å². The smallest absolute Gasteiger partial charge is 0.254 e. The second-order valence-electron chi connectivity index (χ2n) is 8.16. The predicted molar refractivity (Wildman–Crippen MR) is 125 cm³/mol. The number of piperidine rings is 1. The van der Waals surface area contributed by atoms with E-state index in [9.17, 15) is 14.4 Å². The standard InChI is InChI=1S/C27H26N2O3/c1-19-11-13-20(14-12-19)25(30)23-9-5-6-10-24(23)27(32)29-17-15-21(16-18-29)26(31)28-22-7-3-2-4-8-22/h2-14,21H,15-18H2,1H3,(H,28,31). The zero-order valence-corrected chi connectivity index (χ0v) is 18.1. The van der Waals surface area contributed by atoms with Gasteiger partial charge in [-0.1, -0.05) is 66.2 Å². The topological polar surface area (TPSA) is 66.5 Å². The fourth-order valence-electron chi connectivity index (χ4n) is 4.01. The summed E-state index contributed by atoms with van der Waals surface area (Å²) in [4.78, 5) is 40.6. The molecule has 1 heterocycles. The Bertz CT molecular complexity index is 1120. The number of hydrogen-bond acceptors (Lipinski definition) is 3. The normalized spacial score (nSPS) is 14.1. The summed E-state index contributed by atoms with van der Waals surface area (Å²) >= 11 is 0. The number of hydrogen-bond donors (Lipinski definition) is 1. The van der Waals surface area contributed by atoms with Gasteiger partial charge in [0.05, 0.1) is 5.56 Å². The molecular weight excluding hydrogens is 400 g/mol. The predicted octanol–water partition coefficient (Wildman–Crippen LogP) is 4.72. The molecule has 0 spiro atoms. The molecule has 0 radical (unpaired) electrons. The van der Waals surface area contributed by atoms with Gasteiger partial charge in [0, 0.05) is 35.8 Å². The molecule has 3 aromatic rings. The van der Waals surface area contributed by atoms with Gasteiger partial charge in [0.2, 0.25) is 5.91 Å². The quantitative estimate of drug-likeness (QED) is 0.601. The molecule has 0 bridgehead atoms. The number of carbonyl (C=O) groups is 3. The van der Waals surface area contributed by atoms with Crippen molar-refractivity contribution in [1.29, 1.82) is 0 Å². The second-order valence-corrected chi connectivity index (χ2v) is 8.16. The summed E-state index contributed by atoms with van der Waals surface area (Å²) in [6.07, 6.45) is 1.19. The number of nitrogens with zero attached hydrogens (tertiary/aromatic N) is 1. The number of ketones is 1. The van der Waals surface area contributed by atoms with E-state index in [1.165, 1.54) is 0 Å². The lowest BCUT2D eigenvalue weighted by molar-refractivity contribution is -0.121. The maximum absolute atomic E-state index is 13.3. The van der Waals surface area contributed by atoms with Crippen molar-refractivity contribution in [3.63, 3.8) is 0 Å². The number of amides is 2. The number of para-hydroxylation sites is 1. The Morgan fingerprint density at radius 3 is 2.03 bits per heavy atom. The molecule has 0 saturated carbocycles. The highest BCUT2D eigenvalue weighted by Crippen LogP contribution is 2.23. The molecule has 4 rings (SSSR count). The molecule has 0 aromatic heterocycles. The molecule has 0 unspecified atom stereocenters. The Balaban J connectivity index is 1.43. The summed E-state index contributed by atoms with van der Waals surface area (Å²) in [6, 6.07) is 23.7. The van der Waals surface area contributed by atoms with Gasteiger partial charge in [0.15, 0.2) is 5.78 Å². The Morgan fingerprint density at radius 2 is 1.38 bits per heavy atom. The monoisotopic (exact) mass is 426 g/mol. The van der Waals surface area contributed by atoms with E-state index in [0.717, 1.165) is 11.3 Å². The first-order valence-corrected chi connectivity index (χ1v) is 10.9. The van der Waals surface area contributed by atoms with Gasteiger partial charge in [0.25, 0.3) is 5.91 Å². The van der Waals surface area contributed by atoms with E-state index in [0.29, 0.717) is 42.6 Å². The third-order valence-electron chi connectivity index (χ3n) is 5.91. The number of benzene rings is 3. The molecule has 5 nitrogen and oxygen atoms in total. The molecule has 1 fully saturated rings. The van der Waals surface area contributed by atoms with Crippen molar-refractivity contribution in [3.05, 3.63) is 101 Å². The van der Waals surface area contributed by atoms with Crippen LogP contribution in [0.15, 0.2) is 78.9 Å². The van der Waals surface area contributed by atoms with Crippen LogP contribution in [0.5, 0.6) is 0 Å². The van der Waals surface area contributed by atoms with E-state index in [2.05, 4.69) is 5.32 Å². The highest BCUT2D eigenvalue weighted by atomic mass is 16.2. The number of carbonyl (C=O) groups excluding carboxylic acids is 3. The third-order valence-corrected chi connectivity index (χ3v) is 5.91. The Kier molecular flexibility index (Phi) is 6.45. The zero-order valence-electron chi connectivity index (χ0n) is 18.1. The van der Waals surface area contributed by atoms with Crippen molar-refractivity contribution in [2.24, 2.45) is 5.92 Å². The van der Waals surface area contributed by atoms with Crippen molar-refractivity contribution < 1.29 is 14.4 Å². The molecule has 1 aliphatic rings. The summed E-state index contributed by atoms with van der Waals surface area (Å²) in [5, 5.41) is 2.95. The van der Waals surface area contributed by atoms with E-state index in [-0.39, 0.29) is 23.5 Å². The van der Waals surface area contributed by atoms with Crippen molar-refractivity contribution in [1.82, 2.24) is 4.90 Å². The van der Waals surface area contributed by atoms with Gasteiger partial charge in [-0.05, 0) is 38.0 Å². The van der Waals surface area contributed by atoms with Crippen molar-refractivity contribution in [2.75, 3.05) is 18.4 Å². The molecule has 0 aliphatic carbocycles. The fourth-order valence-corrected chi connectivity index (χ4v) is 4.01. The minimum Gasteiger partial charge on any atom is -0.339 e. The van der Waals surface area contributed by atoms with Gasteiger partial charge in [-0.25, -0.2) is 0 Å². The van der Waals surface area contributed by atoms with Gasteiger partial charge in [-0.3, -0.25) is 14.4 Å². The van der Waals surface area contributed by atoms with E-state index in [4.69, 9.17) is 0 Å². The summed E-state index contributed by atoms with van der Waals surface area (Å²) in [7, 11) is 0. The highest BCUT2D eigenvalue weighted by molar-refractivity contribution is 6.15. The SMILES string of the molecule is Cc1ccc(C(=O)c2ccccc2C(=O)N2CCC(C(=O)Nc3ccccc3)CC2)cc1. The highest BCUT2D eigenvalue weighted by Gasteiger charge is 2.29. The molecule has 5 heteroatoms. The molecule has 1 saturated heterocycles. The lowest BCUT2D eigenvalue weighted by Gasteiger charge is -2.31. The summed E-state index contributed by atoms with van der Waals surface area (Å²) in [5.74, 6) is -0.476. The van der Waals surface area contributed by atoms with E-state index >= 15 is 0 Å². The Labute approximate surface area is 188 Å². The van der Waals surface area contributed by atoms with Crippen LogP contribution in [0.1, 0.15) is 44.7 Å². The summed E-state index contributed by atoms with van der Waals surface area (Å²) in [5.41, 5.74) is 3.23. The van der Waals surface area contributed by atoms with Gasteiger partial charge in [0.1, 0.15) is 0 Å². The maximum atomic E-state index is 13.3. The largest absolute Gasteiger partial charge is 0.339 e. The molecule has 3 aromatic carbocycles. The minimum absolute atomic E-state index is 0.0155. The van der Waals surface area contributed by atoms with E-state index < -0.39 is 0 Å². The Hall–Kier alpha value is -3.73. The van der Waals surface area contributed by atoms with Crippen LogP contribution in [0.3, 0.4) is 0 Å². The van der Waals surface area contributed by atoms with Crippen molar-refractivity contribution in [3.8, 4) is 0 Å². The third kappa shape index (κ3) is 4.78. The minimum atomic E-state index is -0.164. The molecule has 2 amide bonds. The molecule has 162 valence electrons. The van der Waals surface area contributed by atoms with Crippen LogP contribution in [0.4, 0.5) is 5.69 Å². The fraction of sp³-hybridized carbons (Fsp3) is 0.222. The summed E-state index contributed by atoms with van der Waals surface area (Å²) < 4.78 is 0. The van der Waals surface area contributed by atoms with Gasteiger partial charge >= 0.3 is 0 Å². The number of aryl methyl sites for hydroxylation is 1.